The number of anilines is 2. The van der Waals surface area contributed by atoms with Crippen molar-refractivity contribution in [2.45, 2.75) is 13.1 Å². The highest BCUT2D eigenvalue weighted by Crippen LogP contribution is 2.34. The molecule has 0 unspecified atom stereocenters. The molecule has 4 aromatic rings. The molecule has 3 heterocycles. The van der Waals surface area contributed by atoms with Crippen LogP contribution in [-0.4, -0.2) is 25.1 Å². The second-order valence-corrected chi connectivity index (χ2v) is 7.02. The van der Waals surface area contributed by atoms with Crippen molar-refractivity contribution in [1.29, 1.82) is 0 Å². The highest BCUT2D eigenvalue weighted by molar-refractivity contribution is 7.18. The first-order valence-corrected chi connectivity index (χ1v) is 8.94. The summed E-state index contributed by atoms with van der Waals surface area (Å²) >= 11 is 1.49. The normalized spacial score (nSPS) is 11.6. The molecule has 0 amide bonds. The van der Waals surface area contributed by atoms with Gasteiger partial charge in [0.05, 0.1) is 11.1 Å². The van der Waals surface area contributed by atoms with Gasteiger partial charge in [0.1, 0.15) is 10.7 Å². The molecule has 4 rings (SSSR count). The summed E-state index contributed by atoms with van der Waals surface area (Å²) in [6.07, 6.45) is 1.76. The van der Waals surface area contributed by atoms with E-state index in [2.05, 4.69) is 30.5 Å². The second-order valence-electron chi connectivity index (χ2n) is 5.99. The van der Waals surface area contributed by atoms with Crippen LogP contribution in [0.4, 0.5) is 24.8 Å². The molecule has 0 saturated carbocycles. The summed E-state index contributed by atoms with van der Waals surface area (Å²) in [7, 11) is 0. The molecule has 1 aromatic carbocycles. The summed E-state index contributed by atoms with van der Waals surface area (Å²) in [5.74, 6) is -0.116. The molecule has 0 aliphatic rings. The van der Waals surface area contributed by atoms with E-state index in [4.69, 9.17) is 0 Å². The summed E-state index contributed by atoms with van der Waals surface area (Å²) in [4.78, 5) is 12.7. The Bertz CT molecular complexity index is 1100. The van der Waals surface area contributed by atoms with E-state index in [0.717, 1.165) is 38.8 Å². The van der Waals surface area contributed by atoms with Gasteiger partial charge in [0.2, 0.25) is 5.95 Å². The van der Waals surface area contributed by atoms with Gasteiger partial charge in [0.15, 0.2) is 0 Å². The molecule has 28 heavy (non-hydrogen) atoms. The monoisotopic (exact) mass is 402 g/mol. The van der Waals surface area contributed by atoms with Crippen molar-refractivity contribution in [1.82, 2.24) is 25.1 Å². The van der Waals surface area contributed by atoms with Gasteiger partial charge in [0, 0.05) is 29.8 Å². The molecule has 0 spiro atoms. The van der Waals surface area contributed by atoms with Crippen LogP contribution in [0.25, 0.3) is 21.0 Å². The van der Waals surface area contributed by atoms with Crippen LogP contribution in [0.5, 0.6) is 0 Å². The number of aryl methyl sites for hydroxylation is 1. The summed E-state index contributed by atoms with van der Waals surface area (Å²) in [6, 6.07) is 6.45. The Morgan fingerprint density at radius 3 is 2.68 bits per heavy atom. The number of hydrogen-bond acceptors (Lipinski definition) is 6. The van der Waals surface area contributed by atoms with Crippen molar-refractivity contribution in [3.8, 4) is 21.0 Å². The van der Waals surface area contributed by atoms with E-state index in [1.54, 1.807) is 18.6 Å². The van der Waals surface area contributed by atoms with E-state index in [9.17, 15) is 13.2 Å². The smallest absolute Gasteiger partial charge is 0.324 e. The predicted octanol–water partition coefficient (Wildman–Crippen LogP) is 5.06. The number of hydrogen-bond donors (Lipinski definition) is 2. The molecule has 142 valence electrons. The lowest BCUT2D eigenvalue weighted by Crippen LogP contribution is -2.10. The van der Waals surface area contributed by atoms with Gasteiger partial charge in [-0.1, -0.05) is 6.07 Å². The summed E-state index contributed by atoms with van der Waals surface area (Å²) in [5, 5.41) is 10.3. The fourth-order valence-corrected chi connectivity index (χ4v) is 3.50. The number of aromatic nitrogens is 5. The minimum Gasteiger partial charge on any atom is -0.324 e. The van der Waals surface area contributed by atoms with E-state index in [-0.39, 0.29) is 5.95 Å². The maximum absolute atomic E-state index is 12.8. The van der Waals surface area contributed by atoms with Crippen molar-refractivity contribution in [3.63, 3.8) is 0 Å². The number of alkyl halides is 3. The van der Waals surface area contributed by atoms with Crippen molar-refractivity contribution in [2.24, 2.45) is 0 Å². The predicted molar refractivity (Wildman–Crippen MR) is 100 cm³/mol. The van der Waals surface area contributed by atoms with E-state index >= 15 is 0 Å². The topological polar surface area (TPSA) is 79.4 Å². The summed E-state index contributed by atoms with van der Waals surface area (Å²) in [5.41, 5.74) is 2.31. The zero-order valence-electron chi connectivity index (χ0n) is 14.4. The van der Waals surface area contributed by atoms with Crippen LogP contribution in [0, 0.1) is 6.92 Å². The van der Waals surface area contributed by atoms with Crippen LogP contribution >= 0.6 is 11.3 Å². The average molecular weight is 402 g/mol. The lowest BCUT2D eigenvalue weighted by atomic mass is 10.1. The van der Waals surface area contributed by atoms with Gasteiger partial charge in [-0.25, -0.2) is 15.0 Å². The van der Waals surface area contributed by atoms with Gasteiger partial charge < -0.3 is 5.32 Å². The Labute approximate surface area is 161 Å². The molecule has 0 atom stereocenters. The number of thiazole rings is 1. The highest BCUT2D eigenvalue weighted by Gasteiger charge is 2.32. The molecule has 0 bridgehead atoms. The molecule has 2 N–H and O–H groups in total. The summed E-state index contributed by atoms with van der Waals surface area (Å²) < 4.78 is 38.5. The van der Waals surface area contributed by atoms with Gasteiger partial charge in [-0.15, -0.1) is 11.3 Å². The van der Waals surface area contributed by atoms with E-state index < -0.39 is 11.9 Å². The lowest BCUT2D eigenvalue weighted by Gasteiger charge is -2.10. The van der Waals surface area contributed by atoms with Crippen LogP contribution in [0.3, 0.4) is 0 Å². The molecular weight excluding hydrogens is 389 g/mol. The molecular formula is C18H13F3N6S. The van der Waals surface area contributed by atoms with Crippen LogP contribution in [0.15, 0.2) is 49.1 Å². The Hall–Kier alpha value is -3.27. The number of rotatable bonds is 4. The third-order valence-corrected chi connectivity index (χ3v) is 4.91. The second kappa shape index (κ2) is 7.04. The molecule has 0 aliphatic heterocycles. The van der Waals surface area contributed by atoms with E-state index in [1.807, 2.05) is 25.1 Å². The van der Waals surface area contributed by atoms with Crippen molar-refractivity contribution in [2.75, 3.05) is 5.32 Å². The molecule has 0 fully saturated rings. The molecule has 0 saturated heterocycles. The number of benzene rings is 1. The third kappa shape index (κ3) is 3.86. The van der Waals surface area contributed by atoms with Gasteiger partial charge in [-0.05, 0) is 36.2 Å². The number of halogens is 3. The van der Waals surface area contributed by atoms with E-state index in [0.29, 0.717) is 5.69 Å². The van der Waals surface area contributed by atoms with Gasteiger partial charge in [-0.3, -0.25) is 5.10 Å². The number of nitrogens with zero attached hydrogens (tertiary/aromatic N) is 4. The number of aromatic amines is 1. The van der Waals surface area contributed by atoms with Gasteiger partial charge >= 0.3 is 6.18 Å². The molecule has 0 radical (unpaired) electrons. The average Bonchev–Trinajstić information content (AvgIpc) is 3.32. The zero-order valence-corrected chi connectivity index (χ0v) is 15.3. The fraction of sp³-hybridized carbons (Fsp3) is 0.111. The maximum Gasteiger partial charge on any atom is 0.433 e. The zero-order chi connectivity index (χ0) is 19.7. The standard InChI is InChI=1S/C18H13F3N6S/c1-10-4-11(14-9-23-16(28-14)12-7-24-25-8-12)6-13(5-10)26-17-22-3-2-15(27-17)18(19,20)21/h2-9H,1H3,(H,24,25)(H,22,26,27). The molecule has 3 aromatic heterocycles. The van der Waals surface area contributed by atoms with Gasteiger partial charge in [0.25, 0.3) is 0 Å². The summed E-state index contributed by atoms with van der Waals surface area (Å²) in [6.45, 7) is 1.90. The van der Waals surface area contributed by atoms with Crippen LogP contribution in [0.2, 0.25) is 0 Å². The van der Waals surface area contributed by atoms with Crippen LogP contribution in [0.1, 0.15) is 11.3 Å². The quantitative estimate of drug-likeness (QED) is 0.499. The first-order valence-electron chi connectivity index (χ1n) is 8.13. The number of H-pyrrole nitrogens is 1. The number of nitrogens with one attached hydrogen (secondary N) is 2. The first-order chi connectivity index (χ1) is 13.4. The van der Waals surface area contributed by atoms with E-state index in [1.165, 1.54) is 11.3 Å². The van der Waals surface area contributed by atoms with Crippen molar-refractivity contribution >= 4 is 23.0 Å². The van der Waals surface area contributed by atoms with Crippen LogP contribution in [-0.2, 0) is 6.18 Å². The first kappa shape index (κ1) is 18.1. The Morgan fingerprint density at radius 2 is 1.93 bits per heavy atom. The molecule has 10 heteroatoms. The maximum atomic E-state index is 12.8. The SMILES string of the molecule is Cc1cc(Nc2nccc(C(F)(F)F)n2)cc(-c2cnc(-c3cn[nH]c3)s2)c1. The van der Waals surface area contributed by atoms with Crippen molar-refractivity contribution in [3.05, 3.63) is 60.3 Å². The fourth-order valence-electron chi connectivity index (χ4n) is 2.61. The Balaban J connectivity index is 1.63. The highest BCUT2D eigenvalue weighted by atomic mass is 32.1. The largest absolute Gasteiger partial charge is 0.433 e. The minimum atomic E-state index is -4.52. The Morgan fingerprint density at radius 1 is 1.07 bits per heavy atom. The molecule has 0 aliphatic carbocycles. The van der Waals surface area contributed by atoms with Crippen LogP contribution < -0.4 is 5.32 Å². The Kier molecular flexibility index (Phi) is 4.55. The minimum absolute atomic E-state index is 0.116. The molecule has 6 nitrogen and oxygen atoms in total. The lowest BCUT2D eigenvalue weighted by molar-refractivity contribution is -0.141. The van der Waals surface area contributed by atoms with Crippen molar-refractivity contribution < 1.29 is 13.2 Å². The third-order valence-electron chi connectivity index (χ3n) is 3.81. The van der Waals surface area contributed by atoms with Gasteiger partial charge in [-0.2, -0.15) is 18.3 Å².